The van der Waals surface area contributed by atoms with Crippen molar-refractivity contribution in [3.05, 3.63) is 78.8 Å². The molecule has 0 spiro atoms. The molecule has 0 radical (unpaired) electrons. The number of carbonyl (C=O) groups is 2. The second-order valence-corrected chi connectivity index (χ2v) is 8.59. The van der Waals surface area contributed by atoms with E-state index in [1.54, 1.807) is 13.8 Å². The molecular weight excluding hydrogens is 493 g/mol. The highest BCUT2D eigenvalue weighted by molar-refractivity contribution is 7.07. The second-order valence-electron chi connectivity index (χ2n) is 7.87. The molecule has 0 atom stereocenters. The van der Waals surface area contributed by atoms with E-state index in [0.717, 1.165) is 27.9 Å². The van der Waals surface area contributed by atoms with Crippen molar-refractivity contribution in [2.24, 2.45) is 5.16 Å². The summed E-state index contributed by atoms with van der Waals surface area (Å²) in [7, 11) is 2.55. The van der Waals surface area contributed by atoms with Crippen LogP contribution in [0.25, 0.3) is 0 Å². The van der Waals surface area contributed by atoms with Gasteiger partial charge in [-0.25, -0.2) is 19.2 Å². The molecule has 0 saturated heterocycles. The molecule has 1 aromatic carbocycles. The number of hydrogen-bond donors (Lipinski definition) is 0. The lowest BCUT2D eigenvalue weighted by molar-refractivity contribution is 0.0859. The summed E-state index contributed by atoms with van der Waals surface area (Å²) in [5, 5.41) is 6.19. The molecule has 0 saturated carbocycles. The van der Waals surface area contributed by atoms with E-state index < -0.39 is 35.3 Å². The van der Waals surface area contributed by atoms with Gasteiger partial charge in [0, 0.05) is 18.6 Å². The fourth-order valence-corrected chi connectivity index (χ4v) is 3.69. The Balaban J connectivity index is 2.16. The lowest BCUT2D eigenvalue weighted by atomic mass is 10.1. The van der Waals surface area contributed by atoms with Gasteiger partial charge in [-0.05, 0) is 39.0 Å². The molecule has 13 heteroatoms. The summed E-state index contributed by atoms with van der Waals surface area (Å²) in [5.41, 5.74) is -0.440. The molecule has 11 nitrogen and oxygen atoms in total. The Morgan fingerprint density at radius 1 is 1.25 bits per heavy atom. The van der Waals surface area contributed by atoms with E-state index in [1.165, 1.54) is 49.4 Å². The Hall–Kier alpha value is -4.13. The van der Waals surface area contributed by atoms with Crippen molar-refractivity contribution < 1.29 is 23.6 Å². The molecule has 0 aliphatic heterocycles. The highest BCUT2D eigenvalue weighted by Crippen LogP contribution is 2.20. The average molecular weight is 518 g/mol. The fraction of sp³-hybridized carbons (Fsp3) is 0.304. The first-order valence-electron chi connectivity index (χ1n) is 10.7. The lowest BCUT2D eigenvalue weighted by Crippen LogP contribution is -2.54. The summed E-state index contributed by atoms with van der Waals surface area (Å²) < 4.78 is 20.5. The van der Waals surface area contributed by atoms with Crippen LogP contribution in [0.4, 0.5) is 4.39 Å². The zero-order valence-corrected chi connectivity index (χ0v) is 21.0. The minimum atomic E-state index is -0.976. The van der Waals surface area contributed by atoms with Crippen LogP contribution < -0.4 is 21.0 Å². The Morgan fingerprint density at radius 3 is 2.58 bits per heavy atom. The van der Waals surface area contributed by atoms with Crippen LogP contribution in [-0.4, -0.2) is 51.9 Å². The van der Waals surface area contributed by atoms with Crippen molar-refractivity contribution in [2.45, 2.75) is 33.4 Å². The van der Waals surface area contributed by atoms with E-state index in [1.807, 2.05) is 0 Å². The molecule has 0 N–H and O–H groups in total. The van der Waals surface area contributed by atoms with Crippen LogP contribution in [0.5, 0.6) is 5.75 Å². The summed E-state index contributed by atoms with van der Waals surface area (Å²) in [6.45, 7) is 4.38. The minimum absolute atomic E-state index is 0.0276. The van der Waals surface area contributed by atoms with Gasteiger partial charge in [0.05, 0.1) is 36.0 Å². The highest BCUT2D eigenvalue weighted by Gasteiger charge is 2.24. The minimum Gasteiger partial charge on any atom is -0.496 e. The third-order valence-electron chi connectivity index (χ3n) is 4.95. The number of carbonyl (C=O) groups excluding carboxylic acids is 2. The maximum atomic E-state index is 13.8. The molecule has 0 bridgehead atoms. The second kappa shape index (κ2) is 11.1. The Bertz CT molecular complexity index is 1430. The molecule has 190 valence electrons. The van der Waals surface area contributed by atoms with Gasteiger partial charge in [-0.1, -0.05) is 5.16 Å². The number of nitrogens with zero attached hydrogens (tertiary/aromatic N) is 5. The number of thiazole rings is 1. The number of Topliss-reactive ketones (excluding diaryl/α,β-unsaturated/α-hetero) is 1. The quantitative estimate of drug-likeness (QED) is 0.242. The van der Waals surface area contributed by atoms with Crippen molar-refractivity contribution in [1.29, 1.82) is 0 Å². The van der Waals surface area contributed by atoms with E-state index in [2.05, 4.69) is 10.1 Å². The molecule has 3 rings (SSSR count). The largest absolute Gasteiger partial charge is 0.496 e. The first-order chi connectivity index (χ1) is 17.0. The first-order valence-corrected chi connectivity index (χ1v) is 11.6. The van der Waals surface area contributed by atoms with E-state index in [0.29, 0.717) is 4.68 Å². The Kier molecular flexibility index (Phi) is 8.14. The summed E-state index contributed by atoms with van der Waals surface area (Å²) in [4.78, 5) is 61.7. The predicted molar refractivity (Wildman–Crippen MR) is 131 cm³/mol. The van der Waals surface area contributed by atoms with Crippen LogP contribution in [0.15, 0.2) is 50.0 Å². The molecule has 36 heavy (non-hydrogen) atoms. The zero-order valence-electron chi connectivity index (χ0n) is 20.2. The molecule has 2 heterocycles. The molecule has 0 unspecified atom stereocenters. The molecule has 0 aliphatic carbocycles. The molecular formula is C23H24FN5O6S. The van der Waals surface area contributed by atoms with Crippen LogP contribution in [-0.2, 0) is 11.4 Å². The fourth-order valence-electron chi connectivity index (χ4n) is 3.16. The van der Waals surface area contributed by atoms with E-state index in [-0.39, 0.29) is 34.4 Å². The third-order valence-corrected chi connectivity index (χ3v) is 5.53. The number of aromatic nitrogens is 3. The van der Waals surface area contributed by atoms with Gasteiger partial charge < -0.3 is 9.57 Å². The Labute approximate surface area is 209 Å². The SMILES string of the molecule is COc1ccc(F)cc1C(=O)Cn1cc(C(C)=NOC(C)C)c(=O)n(N(C)C(=O)c2cscn2)c1=O. The normalized spacial score (nSPS) is 11.5. The van der Waals surface area contributed by atoms with Crippen LogP contribution in [0.3, 0.4) is 0 Å². The van der Waals surface area contributed by atoms with Gasteiger partial charge >= 0.3 is 5.69 Å². The number of halogens is 1. The van der Waals surface area contributed by atoms with Gasteiger partial charge in [0.2, 0.25) is 0 Å². The monoisotopic (exact) mass is 517 g/mol. The maximum absolute atomic E-state index is 13.8. The number of ketones is 1. The molecule has 0 aliphatic rings. The van der Waals surface area contributed by atoms with Gasteiger partial charge in [0.25, 0.3) is 11.5 Å². The summed E-state index contributed by atoms with van der Waals surface area (Å²) >= 11 is 1.17. The number of methoxy groups -OCH3 is 1. The zero-order chi connectivity index (χ0) is 26.6. The van der Waals surface area contributed by atoms with Crippen molar-refractivity contribution in [3.8, 4) is 5.75 Å². The Morgan fingerprint density at radius 2 is 1.97 bits per heavy atom. The highest BCUT2D eigenvalue weighted by atomic mass is 32.1. The van der Waals surface area contributed by atoms with Crippen LogP contribution in [0, 0.1) is 5.82 Å². The van der Waals surface area contributed by atoms with Crippen LogP contribution in [0.1, 0.15) is 47.2 Å². The van der Waals surface area contributed by atoms with E-state index in [4.69, 9.17) is 9.57 Å². The third kappa shape index (κ3) is 5.57. The van der Waals surface area contributed by atoms with Gasteiger partial charge in [-0.2, -0.15) is 4.68 Å². The number of oxime groups is 1. The van der Waals surface area contributed by atoms with Crippen LogP contribution >= 0.6 is 11.3 Å². The average Bonchev–Trinajstić information content (AvgIpc) is 3.38. The van der Waals surface area contributed by atoms with Gasteiger partial charge in [0.15, 0.2) is 5.78 Å². The topological polar surface area (TPSA) is 125 Å². The maximum Gasteiger partial charge on any atom is 0.350 e. The number of rotatable bonds is 9. The van der Waals surface area contributed by atoms with E-state index in [9.17, 15) is 23.6 Å². The smallest absolute Gasteiger partial charge is 0.350 e. The number of benzene rings is 1. The summed E-state index contributed by atoms with van der Waals surface area (Å²) in [6, 6.07) is 3.41. The van der Waals surface area contributed by atoms with E-state index >= 15 is 0 Å². The van der Waals surface area contributed by atoms with Crippen molar-refractivity contribution in [1.82, 2.24) is 14.2 Å². The molecule has 3 aromatic rings. The number of hydrogen-bond acceptors (Lipinski definition) is 9. The van der Waals surface area contributed by atoms with Gasteiger partial charge in [0.1, 0.15) is 23.4 Å². The summed E-state index contributed by atoms with van der Waals surface area (Å²) in [6.07, 6.45) is 0.859. The van der Waals surface area contributed by atoms with Crippen molar-refractivity contribution >= 4 is 28.7 Å². The number of ether oxygens (including phenoxy) is 1. The molecule has 0 fully saturated rings. The molecule has 1 amide bonds. The predicted octanol–water partition coefficient (Wildman–Crippen LogP) is 2.05. The van der Waals surface area contributed by atoms with Crippen LogP contribution in [0.2, 0.25) is 0 Å². The lowest BCUT2D eigenvalue weighted by Gasteiger charge is -2.20. The van der Waals surface area contributed by atoms with Crippen molar-refractivity contribution in [2.75, 3.05) is 19.2 Å². The molecule has 2 aromatic heterocycles. The first kappa shape index (κ1) is 26.5. The standard InChI is InChI=1S/C23H24FN5O6S/c1-13(2)35-26-14(3)17-9-28(10-19(30)16-8-15(24)6-7-20(16)34-5)23(33)29(21(17)31)27(4)22(32)18-11-36-12-25-18/h6-9,11-13H,10H2,1-5H3. The summed E-state index contributed by atoms with van der Waals surface area (Å²) in [5.74, 6) is -1.93. The van der Waals surface area contributed by atoms with Gasteiger partial charge in [-0.15, -0.1) is 11.3 Å². The number of amides is 1. The van der Waals surface area contributed by atoms with Gasteiger partial charge in [-0.3, -0.25) is 19.0 Å². The van der Waals surface area contributed by atoms with Crippen molar-refractivity contribution in [3.63, 3.8) is 0 Å².